The average molecular weight is 544 g/mol. The van der Waals surface area contributed by atoms with Gasteiger partial charge in [0.1, 0.15) is 11.9 Å². The SMILES string of the molecule is CC1=C[C@]2(C)C(=C(C)[C@@H]3[C@@H]4C[C@H](C)C[C@H](C)[C@H]4[C@H]4Oc5ccc(cc5)C[C@]5(O)NC(=O)[C@@]6(O[C@H]65)C(=O)[C@H]2[C@@H]43)[C@@H]1C. The van der Waals surface area contributed by atoms with E-state index in [0.717, 1.165) is 24.2 Å². The van der Waals surface area contributed by atoms with E-state index >= 15 is 4.79 Å². The molecule has 0 aromatic heterocycles. The van der Waals surface area contributed by atoms with E-state index in [2.05, 4.69) is 52.9 Å². The molecule has 13 atom stereocenters. The van der Waals surface area contributed by atoms with Gasteiger partial charge in [0.2, 0.25) is 5.60 Å². The summed E-state index contributed by atoms with van der Waals surface area (Å²) in [6.07, 6.45) is 3.74. The van der Waals surface area contributed by atoms with Gasteiger partial charge in [-0.15, -0.1) is 0 Å². The van der Waals surface area contributed by atoms with Gasteiger partial charge in [-0.05, 0) is 74.0 Å². The fourth-order valence-corrected chi connectivity index (χ4v) is 11.2. The Morgan fingerprint density at radius 1 is 1.02 bits per heavy atom. The van der Waals surface area contributed by atoms with Crippen molar-refractivity contribution in [3.63, 3.8) is 0 Å². The van der Waals surface area contributed by atoms with Crippen LogP contribution in [-0.2, 0) is 20.7 Å². The summed E-state index contributed by atoms with van der Waals surface area (Å²) in [5, 5.41) is 14.5. The van der Waals surface area contributed by atoms with Crippen molar-refractivity contribution in [1.82, 2.24) is 5.32 Å². The number of carbonyl (C=O) groups excluding carboxylic acids is 2. The maximum Gasteiger partial charge on any atom is 0.265 e. The molecular weight excluding hydrogens is 502 g/mol. The molecule has 0 spiro atoms. The zero-order valence-corrected chi connectivity index (χ0v) is 24.4. The highest BCUT2D eigenvalue weighted by Crippen LogP contribution is 2.69. The van der Waals surface area contributed by atoms with Gasteiger partial charge in [-0.3, -0.25) is 9.59 Å². The Labute approximate surface area is 236 Å². The van der Waals surface area contributed by atoms with Crippen LogP contribution < -0.4 is 10.1 Å². The second-order valence-electron chi connectivity index (χ2n) is 14.7. The summed E-state index contributed by atoms with van der Waals surface area (Å²) < 4.78 is 13.1. The number of allylic oxidation sites excluding steroid dienone is 4. The molecule has 2 saturated heterocycles. The molecule has 2 N–H and O–H groups in total. The standard InChI is InChI=1S/C34H41NO5/c1-15-11-16(2)23-22(12-15)24-19(5)26-18(4)17(3)13-32(26,6)27-25(24)28(23)39-21-9-7-20(8-10-21)14-33(38)30-34(40-30,29(27)36)31(37)35-33/h7-10,13,15-16,18,22-25,27-28,30,38H,11-12,14H2,1-6H3,(H,35,37)/t15-,16+,18-,22-,23-,24-,25+,27-,28-,30+,32-,33-,34-/m1/s1. The fraction of sp³-hybridized carbons (Fsp3) is 0.647. The fourth-order valence-electron chi connectivity index (χ4n) is 11.2. The molecule has 4 fully saturated rings. The second-order valence-corrected chi connectivity index (χ2v) is 14.7. The molecule has 1 aromatic rings. The van der Waals surface area contributed by atoms with Crippen LogP contribution in [0.1, 0.15) is 59.9 Å². The van der Waals surface area contributed by atoms with E-state index in [1.54, 1.807) is 0 Å². The highest BCUT2D eigenvalue weighted by molar-refractivity contribution is 6.16. The van der Waals surface area contributed by atoms with Crippen molar-refractivity contribution in [1.29, 1.82) is 0 Å². The lowest BCUT2D eigenvalue weighted by molar-refractivity contribution is -0.145. The zero-order chi connectivity index (χ0) is 28.1. The lowest BCUT2D eigenvalue weighted by Gasteiger charge is -2.49. The molecule has 8 aliphatic rings. The first kappa shape index (κ1) is 25.3. The largest absolute Gasteiger partial charge is 0.490 e. The monoisotopic (exact) mass is 543 g/mol. The Bertz CT molecular complexity index is 1410. The number of rotatable bonds is 0. The number of epoxide rings is 1. The van der Waals surface area contributed by atoms with Crippen molar-refractivity contribution < 1.29 is 24.2 Å². The number of Topliss-reactive ketones (excluding diaryl/α,β-unsaturated/α-hetero) is 1. The topological polar surface area (TPSA) is 88.2 Å². The predicted octanol–water partition coefficient (Wildman–Crippen LogP) is 4.61. The van der Waals surface area contributed by atoms with Gasteiger partial charge in [-0.1, -0.05) is 62.6 Å². The molecule has 9 rings (SSSR count). The Morgan fingerprint density at radius 2 is 1.75 bits per heavy atom. The average Bonchev–Trinajstić information content (AvgIpc) is 3.45. The third kappa shape index (κ3) is 2.87. The number of morpholine rings is 1. The van der Waals surface area contributed by atoms with Gasteiger partial charge in [0.15, 0.2) is 17.6 Å². The molecule has 0 radical (unpaired) electrons. The molecule has 1 aromatic carbocycles. The summed E-state index contributed by atoms with van der Waals surface area (Å²) >= 11 is 0. The molecule has 4 bridgehead atoms. The first-order valence-corrected chi connectivity index (χ1v) is 15.3. The van der Waals surface area contributed by atoms with Crippen LogP contribution in [0, 0.1) is 52.8 Å². The number of carbonyl (C=O) groups is 2. The number of ketones is 1. The van der Waals surface area contributed by atoms with Gasteiger partial charge >= 0.3 is 0 Å². The highest BCUT2D eigenvalue weighted by atomic mass is 16.6. The van der Waals surface area contributed by atoms with E-state index in [0.29, 0.717) is 23.7 Å². The second kappa shape index (κ2) is 7.69. The molecule has 40 heavy (non-hydrogen) atoms. The van der Waals surface area contributed by atoms with Crippen molar-refractivity contribution in [3.8, 4) is 5.75 Å². The predicted molar refractivity (Wildman–Crippen MR) is 149 cm³/mol. The van der Waals surface area contributed by atoms with Crippen LogP contribution >= 0.6 is 0 Å². The van der Waals surface area contributed by atoms with E-state index in [4.69, 9.17) is 9.47 Å². The Hall–Kier alpha value is -2.44. The quantitative estimate of drug-likeness (QED) is 0.284. The molecule has 4 aliphatic heterocycles. The molecule has 6 heteroatoms. The minimum atomic E-state index is -1.64. The summed E-state index contributed by atoms with van der Waals surface area (Å²) in [6.45, 7) is 13.7. The zero-order valence-electron chi connectivity index (χ0n) is 24.4. The highest BCUT2D eigenvalue weighted by Gasteiger charge is 2.83. The summed E-state index contributed by atoms with van der Waals surface area (Å²) in [4.78, 5) is 28.8. The van der Waals surface area contributed by atoms with Crippen molar-refractivity contribution in [2.24, 2.45) is 52.8 Å². The Kier molecular flexibility index (Phi) is 4.86. The number of nitrogens with one attached hydrogen (secondary N) is 1. The number of hydrogen-bond acceptors (Lipinski definition) is 5. The first-order valence-electron chi connectivity index (χ1n) is 15.3. The van der Waals surface area contributed by atoms with E-state index in [-0.39, 0.29) is 36.1 Å². The molecule has 1 amide bonds. The van der Waals surface area contributed by atoms with E-state index in [1.807, 2.05) is 24.3 Å². The number of aliphatic hydroxyl groups is 1. The Morgan fingerprint density at radius 3 is 2.45 bits per heavy atom. The molecule has 4 aliphatic carbocycles. The summed E-state index contributed by atoms with van der Waals surface area (Å²) in [5.74, 6) is 1.88. The van der Waals surface area contributed by atoms with Crippen molar-refractivity contribution >= 4 is 11.7 Å². The third-order valence-electron chi connectivity index (χ3n) is 12.4. The van der Waals surface area contributed by atoms with Crippen LogP contribution in [0.15, 0.2) is 47.1 Å². The molecule has 2 saturated carbocycles. The van der Waals surface area contributed by atoms with Gasteiger partial charge in [0.05, 0.1) is 0 Å². The van der Waals surface area contributed by atoms with E-state index < -0.39 is 34.7 Å². The van der Waals surface area contributed by atoms with Gasteiger partial charge in [0.25, 0.3) is 5.91 Å². The molecule has 6 nitrogen and oxygen atoms in total. The smallest absolute Gasteiger partial charge is 0.265 e. The number of benzene rings is 1. The lowest BCUT2D eigenvalue weighted by Crippen LogP contribution is -2.55. The number of ether oxygens (including phenoxy) is 2. The minimum Gasteiger partial charge on any atom is -0.490 e. The lowest BCUT2D eigenvalue weighted by atomic mass is 9.53. The van der Waals surface area contributed by atoms with Crippen LogP contribution in [0.4, 0.5) is 0 Å². The summed E-state index contributed by atoms with van der Waals surface area (Å²) in [6, 6.07) is 7.91. The van der Waals surface area contributed by atoms with Crippen molar-refractivity contribution in [2.75, 3.05) is 0 Å². The van der Waals surface area contributed by atoms with Crippen LogP contribution in [0.25, 0.3) is 0 Å². The van der Waals surface area contributed by atoms with E-state index in [1.165, 1.54) is 16.7 Å². The summed E-state index contributed by atoms with van der Waals surface area (Å²) in [7, 11) is 0. The first-order chi connectivity index (χ1) is 18.9. The summed E-state index contributed by atoms with van der Waals surface area (Å²) in [5.41, 5.74) is 1.13. The van der Waals surface area contributed by atoms with Crippen molar-refractivity contribution in [3.05, 3.63) is 52.6 Å². The molecule has 4 heterocycles. The van der Waals surface area contributed by atoms with Crippen LogP contribution in [0.2, 0.25) is 0 Å². The van der Waals surface area contributed by atoms with Gasteiger partial charge in [-0.25, -0.2) is 0 Å². The maximum absolute atomic E-state index is 15.1. The van der Waals surface area contributed by atoms with Crippen LogP contribution in [0.5, 0.6) is 5.75 Å². The number of hydrogen-bond donors (Lipinski definition) is 2. The van der Waals surface area contributed by atoms with Gasteiger partial charge in [-0.2, -0.15) is 0 Å². The normalized spacial score (nSPS) is 51.8. The van der Waals surface area contributed by atoms with E-state index in [9.17, 15) is 9.90 Å². The maximum atomic E-state index is 15.1. The molecular formula is C34H41NO5. The van der Waals surface area contributed by atoms with Gasteiger partial charge < -0.3 is 19.9 Å². The third-order valence-corrected chi connectivity index (χ3v) is 12.4. The number of fused-ring (bicyclic) bond motifs is 5. The minimum absolute atomic E-state index is 0.0838. The van der Waals surface area contributed by atoms with Crippen LogP contribution in [0.3, 0.4) is 0 Å². The molecule has 0 unspecified atom stereocenters. The number of amides is 1. The van der Waals surface area contributed by atoms with Crippen LogP contribution in [-0.4, -0.2) is 40.3 Å². The van der Waals surface area contributed by atoms with Gasteiger partial charge in [0, 0.05) is 29.6 Å². The van der Waals surface area contributed by atoms with Crippen molar-refractivity contribution in [2.45, 2.75) is 84.3 Å². The molecule has 212 valence electrons. The Balaban J connectivity index is 1.39.